The van der Waals surface area contributed by atoms with Gasteiger partial charge in [0.15, 0.2) is 0 Å². The summed E-state index contributed by atoms with van der Waals surface area (Å²) in [6.45, 7) is 2.23. The molecule has 1 aliphatic heterocycles. The molecule has 0 aromatic carbocycles. The van der Waals surface area contributed by atoms with Gasteiger partial charge >= 0.3 is 0 Å². The van der Waals surface area contributed by atoms with E-state index in [9.17, 15) is 4.79 Å². The number of ether oxygens (including phenoxy) is 1. The standard InChI is InChI=1S/C10H14N2O3/c1-7(13)10-11-9(15-12-10)6-8-4-2-3-5-14-8/h8H,2-6H2,1H3. The number of carbonyl (C=O) groups is 1. The van der Waals surface area contributed by atoms with Crippen molar-refractivity contribution >= 4 is 5.78 Å². The lowest BCUT2D eigenvalue weighted by Crippen LogP contribution is -2.21. The number of hydrogen-bond acceptors (Lipinski definition) is 5. The highest BCUT2D eigenvalue weighted by Crippen LogP contribution is 2.16. The van der Waals surface area contributed by atoms with Crippen molar-refractivity contribution in [3.8, 4) is 0 Å². The van der Waals surface area contributed by atoms with Crippen LogP contribution in [0.25, 0.3) is 0 Å². The van der Waals surface area contributed by atoms with Gasteiger partial charge in [-0.05, 0) is 19.3 Å². The van der Waals surface area contributed by atoms with Gasteiger partial charge in [-0.15, -0.1) is 0 Å². The zero-order valence-corrected chi connectivity index (χ0v) is 8.73. The van der Waals surface area contributed by atoms with Crippen LogP contribution in [0.15, 0.2) is 4.52 Å². The first-order chi connectivity index (χ1) is 7.25. The third-order valence-corrected chi connectivity index (χ3v) is 2.46. The minimum Gasteiger partial charge on any atom is -0.378 e. The van der Waals surface area contributed by atoms with Crippen LogP contribution in [-0.2, 0) is 11.2 Å². The topological polar surface area (TPSA) is 65.2 Å². The van der Waals surface area contributed by atoms with Gasteiger partial charge in [0.05, 0.1) is 12.5 Å². The van der Waals surface area contributed by atoms with Gasteiger partial charge in [0, 0.05) is 13.5 Å². The number of nitrogens with zero attached hydrogens (tertiary/aromatic N) is 2. The van der Waals surface area contributed by atoms with Crippen molar-refractivity contribution in [2.24, 2.45) is 0 Å². The van der Waals surface area contributed by atoms with Crippen LogP contribution in [0.1, 0.15) is 42.7 Å². The smallest absolute Gasteiger partial charge is 0.238 e. The molecule has 0 radical (unpaired) electrons. The number of aromatic nitrogens is 2. The molecule has 0 spiro atoms. The summed E-state index contributed by atoms with van der Waals surface area (Å²) in [7, 11) is 0. The van der Waals surface area contributed by atoms with Crippen molar-refractivity contribution in [1.29, 1.82) is 0 Å². The first-order valence-corrected chi connectivity index (χ1v) is 5.21. The zero-order valence-electron chi connectivity index (χ0n) is 8.73. The van der Waals surface area contributed by atoms with E-state index >= 15 is 0 Å². The molecule has 0 amide bonds. The Morgan fingerprint density at radius 1 is 1.53 bits per heavy atom. The highest BCUT2D eigenvalue weighted by molar-refractivity contribution is 5.89. The van der Waals surface area contributed by atoms with E-state index in [1.807, 2.05) is 0 Å². The van der Waals surface area contributed by atoms with E-state index in [-0.39, 0.29) is 17.7 Å². The monoisotopic (exact) mass is 210 g/mol. The average Bonchev–Trinajstić information content (AvgIpc) is 2.68. The van der Waals surface area contributed by atoms with E-state index in [4.69, 9.17) is 9.26 Å². The molecule has 2 heterocycles. The molecular weight excluding hydrogens is 196 g/mol. The van der Waals surface area contributed by atoms with Crippen LogP contribution in [0, 0.1) is 0 Å². The quantitative estimate of drug-likeness (QED) is 0.705. The van der Waals surface area contributed by atoms with Crippen LogP contribution < -0.4 is 0 Å². The predicted molar refractivity (Wildman–Crippen MR) is 51.6 cm³/mol. The number of Topliss-reactive ketones (excluding diaryl/α,β-unsaturated/α-hetero) is 1. The predicted octanol–water partition coefficient (Wildman–Crippen LogP) is 1.38. The molecule has 2 rings (SSSR count). The molecule has 1 aliphatic rings. The SMILES string of the molecule is CC(=O)c1noc(CC2CCCCO2)n1. The number of ketones is 1. The van der Waals surface area contributed by atoms with Gasteiger partial charge < -0.3 is 9.26 Å². The van der Waals surface area contributed by atoms with Gasteiger partial charge in [-0.25, -0.2) is 0 Å². The lowest BCUT2D eigenvalue weighted by molar-refractivity contribution is 0.0124. The van der Waals surface area contributed by atoms with E-state index in [1.54, 1.807) is 0 Å². The van der Waals surface area contributed by atoms with E-state index in [0.717, 1.165) is 19.4 Å². The molecule has 15 heavy (non-hydrogen) atoms. The van der Waals surface area contributed by atoms with Crippen molar-refractivity contribution in [3.63, 3.8) is 0 Å². The Morgan fingerprint density at radius 3 is 3.00 bits per heavy atom. The van der Waals surface area contributed by atoms with Gasteiger partial charge in [-0.2, -0.15) is 4.98 Å². The summed E-state index contributed by atoms with van der Waals surface area (Å²) in [4.78, 5) is 14.9. The van der Waals surface area contributed by atoms with Crippen molar-refractivity contribution in [2.75, 3.05) is 6.61 Å². The van der Waals surface area contributed by atoms with E-state index in [2.05, 4.69) is 10.1 Å². The first kappa shape index (κ1) is 10.3. The summed E-state index contributed by atoms with van der Waals surface area (Å²) in [6.07, 6.45) is 4.11. The van der Waals surface area contributed by atoms with Crippen LogP contribution in [0.5, 0.6) is 0 Å². The maximum Gasteiger partial charge on any atom is 0.238 e. The average molecular weight is 210 g/mol. The molecule has 0 aliphatic carbocycles. The Balaban J connectivity index is 1.94. The molecular formula is C10H14N2O3. The van der Waals surface area contributed by atoms with E-state index < -0.39 is 0 Å². The molecule has 0 N–H and O–H groups in total. The molecule has 1 fully saturated rings. The van der Waals surface area contributed by atoms with Crippen LogP contribution in [0.3, 0.4) is 0 Å². The van der Waals surface area contributed by atoms with Crippen LogP contribution in [-0.4, -0.2) is 28.6 Å². The highest BCUT2D eigenvalue weighted by Gasteiger charge is 2.18. The third-order valence-electron chi connectivity index (χ3n) is 2.46. The maximum absolute atomic E-state index is 10.9. The number of rotatable bonds is 3. The Kier molecular flexibility index (Phi) is 3.11. The molecule has 82 valence electrons. The van der Waals surface area contributed by atoms with E-state index in [0.29, 0.717) is 12.3 Å². The van der Waals surface area contributed by atoms with Gasteiger partial charge in [-0.3, -0.25) is 4.79 Å². The van der Waals surface area contributed by atoms with Gasteiger partial charge in [0.25, 0.3) is 0 Å². The fraction of sp³-hybridized carbons (Fsp3) is 0.700. The van der Waals surface area contributed by atoms with Crippen LogP contribution >= 0.6 is 0 Å². The summed E-state index contributed by atoms with van der Waals surface area (Å²) >= 11 is 0. The molecule has 5 heteroatoms. The second kappa shape index (κ2) is 4.53. The minimum absolute atomic E-state index is 0.154. The Hall–Kier alpha value is -1.23. The summed E-state index contributed by atoms with van der Waals surface area (Å²) in [6, 6.07) is 0. The molecule has 0 saturated carbocycles. The summed E-state index contributed by atoms with van der Waals surface area (Å²) in [5.74, 6) is 0.475. The maximum atomic E-state index is 10.9. The van der Waals surface area contributed by atoms with Crippen LogP contribution in [0.2, 0.25) is 0 Å². The normalized spacial score (nSPS) is 21.5. The van der Waals surface area contributed by atoms with Crippen molar-refractivity contribution in [1.82, 2.24) is 10.1 Å². The molecule has 1 unspecified atom stereocenters. The van der Waals surface area contributed by atoms with Gasteiger partial charge in [-0.1, -0.05) is 5.16 Å². The number of carbonyl (C=O) groups excluding carboxylic acids is 1. The Morgan fingerprint density at radius 2 is 2.40 bits per heavy atom. The fourth-order valence-corrected chi connectivity index (χ4v) is 1.64. The molecule has 0 bridgehead atoms. The summed E-state index contributed by atoms with van der Waals surface area (Å²) < 4.78 is 10.5. The molecule has 1 saturated heterocycles. The molecule has 1 aromatic rings. The first-order valence-electron chi connectivity index (χ1n) is 5.21. The largest absolute Gasteiger partial charge is 0.378 e. The lowest BCUT2D eigenvalue weighted by atomic mass is 10.1. The lowest BCUT2D eigenvalue weighted by Gasteiger charge is -2.20. The fourth-order valence-electron chi connectivity index (χ4n) is 1.64. The summed E-state index contributed by atoms with van der Waals surface area (Å²) in [5, 5.41) is 3.59. The second-order valence-corrected chi connectivity index (χ2v) is 3.76. The van der Waals surface area contributed by atoms with Gasteiger partial charge in [0.2, 0.25) is 17.5 Å². The molecule has 5 nitrogen and oxygen atoms in total. The Bertz CT molecular complexity index is 342. The third kappa shape index (κ3) is 2.62. The second-order valence-electron chi connectivity index (χ2n) is 3.76. The minimum atomic E-state index is -0.172. The van der Waals surface area contributed by atoms with Gasteiger partial charge in [0.1, 0.15) is 0 Å². The molecule has 1 atom stereocenters. The molecule has 1 aromatic heterocycles. The Labute approximate surface area is 87.8 Å². The van der Waals surface area contributed by atoms with Crippen LogP contribution in [0.4, 0.5) is 0 Å². The zero-order chi connectivity index (χ0) is 10.7. The van der Waals surface area contributed by atoms with Crippen molar-refractivity contribution in [3.05, 3.63) is 11.7 Å². The summed E-state index contributed by atoms with van der Waals surface area (Å²) in [5.41, 5.74) is 0. The van der Waals surface area contributed by atoms with Crippen molar-refractivity contribution in [2.45, 2.75) is 38.7 Å². The van der Waals surface area contributed by atoms with Crippen molar-refractivity contribution < 1.29 is 14.1 Å². The number of hydrogen-bond donors (Lipinski definition) is 0. The highest BCUT2D eigenvalue weighted by atomic mass is 16.5. The van der Waals surface area contributed by atoms with E-state index in [1.165, 1.54) is 13.3 Å².